The van der Waals surface area contributed by atoms with Gasteiger partial charge in [-0.3, -0.25) is 4.68 Å². The maximum absolute atomic E-state index is 13.6. The highest BCUT2D eigenvalue weighted by molar-refractivity contribution is 5.48. The number of halogens is 1. The first-order valence-corrected chi connectivity index (χ1v) is 5.61. The fourth-order valence-electron chi connectivity index (χ4n) is 1.70. The Morgan fingerprint density at radius 3 is 2.89 bits per heavy atom. The fourth-order valence-corrected chi connectivity index (χ4v) is 1.70. The number of hydrogen-bond acceptors (Lipinski definition) is 3. The van der Waals surface area contributed by atoms with Gasteiger partial charge in [-0.2, -0.15) is 10.4 Å². The molecule has 0 amide bonds. The molecule has 92 valence electrons. The Labute approximate surface area is 105 Å². The van der Waals surface area contributed by atoms with Crippen LogP contribution in [0.3, 0.4) is 0 Å². The third-order valence-corrected chi connectivity index (χ3v) is 2.72. The average Bonchev–Trinajstić information content (AvgIpc) is 2.77. The monoisotopic (exact) mass is 244 g/mol. The molecule has 4 nitrogen and oxygen atoms in total. The van der Waals surface area contributed by atoms with E-state index in [1.807, 2.05) is 19.2 Å². The molecule has 0 aliphatic rings. The summed E-state index contributed by atoms with van der Waals surface area (Å²) in [6.07, 6.45) is 2.49. The largest absolute Gasteiger partial charge is 0.382 e. The average molecular weight is 244 g/mol. The first kappa shape index (κ1) is 12.1. The zero-order valence-corrected chi connectivity index (χ0v) is 10.0. The van der Waals surface area contributed by atoms with Gasteiger partial charge in [-0.05, 0) is 24.3 Å². The molecular weight excluding hydrogens is 231 g/mol. The molecule has 0 aliphatic heterocycles. The van der Waals surface area contributed by atoms with Crippen LogP contribution in [0, 0.1) is 17.1 Å². The summed E-state index contributed by atoms with van der Waals surface area (Å²) >= 11 is 0. The maximum Gasteiger partial charge on any atom is 0.147 e. The van der Waals surface area contributed by atoms with Gasteiger partial charge in [0.05, 0.1) is 17.3 Å². The van der Waals surface area contributed by atoms with Crippen LogP contribution in [0.15, 0.2) is 30.5 Å². The predicted molar refractivity (Wildman–Crippen MR) is 66.5 cm³/mol. The minimum atomic E-state index is -0.404. The number of aryl methyl sites for hydroxylation is 1. The molecule has 0 unspecified atom stereocenters. The summed E-state index contributed by atoms with van der Waals surface area (Å²) in [4.78, 5) is 0. The van der Waals surface area contributed by atoms with Crippen molar-refractivity contribution in [3.63, 3.8) is 0 Å². The van der Waals surface area contributed by atoms with Crippen LogP contribution in [-0.2, 0) is 13.5 Å². The number of aromatic nitrogens is 2. The van der Waals surface area contributed by atoms with Gasteiger partial charge in [-0.15, -0.1) is 0 Å². The lowest BCUT2D eigenvalue weighted by molar-refractivity contribution is 0.629. The topological polar surface area (TPSA) is 53.6 Å². The second-order valence-corrected chi connectivity index (χ2v) is 3.93. The van der Waals surface area contributed by atoms with Gasteiger partial charge in [0.1, 0.15) is 5.82 Å². The Bertz CT molecular complexity index is 583. The van der Waals surface area contributed by atoms with E-state index in [1.165, 1.54) is 6.07 Å². The highest BCUT2D eigenvalue weighted by Crippen LogP contribution is 2.15. The summed E-state index contributed by atoms with van der Waals surface area (Å²) in [7, 11) is 1.87. The summed E-state index contributed by atoms with van der Waals surface area (Å²) in [6, 6.07) is 8.23. The molecule has 0 bridgehead atoms. The van der Waals surface area contributed by atoms with Gasteiger partial charge in [-0.25, -0.2) is 4.39 Å². The van der Waals surface area contributed by atoms with E-state index in [0.29, 0.717) is 17.8 Å². The molecule has 0 saturated carbocycles. The molecule has 1 aromatic carbocycles. The minimum Gasteiger partial charge on any atom is -0.382 e. The Kier molecular flexibility index (Phi) is 3.58. The third-order valence-electron chi connectivity index (χ3n) is 2.72. The van der Waals surface area contributed by atoms with Crippen molar-refractivity contribution in [1.29, 1.82) is 5.26 Å². The van der Waals surface area contributed by atoms with Gasteiger partial charge in [0.2, 0.25) is 0 Å². The number of nitrogens with one attached hydrogen (secondary N) is 1. The van der Waals surface area contributed by atoms with Crippen molar-refractivity contribution in [2.24, 2.45) is 7.05 Å². The van der Waals surface area contributed by atoms with Gasteiger partial charge >= 0.3 is 0 Å². The van der Waals surface area contributed by atoms with Crippen LogP contribution in [0.2, 0.25) is 0 Å². The van der Waals surface area contributed by atoms with E-state index in [2.05, 4.69) is 10.4 Å². The lowest BCUT2D eigenvalue weighted by Gasteiger charge is -2.07. The quantitative estimate of drug-likeness (QED) is 0.896. The Morgan fingerprint density at radius 1 is 1.44 bits per heavy atom. The molecule has 0 spiro atoms. The Hall–Kier alpha value is -2.35. The highest BCUT2D eigenvalue weighted by atomic mass is 19.1. The summed E-state index contributed by atoms with van der Waals surface area (Å²) in [6.45, 7) is 0.613. The van der Waals surface area contributed by atoms with Crippen LogP contribution in [0.4, 0.5) is 10.1 Å². The second kappa shape index (κ2) is 5.32. The number of nitriles is 1. The van der Waals surface area contributed by atoms with Crippen molar-refractivity contribution >= 4 is 5.69 Å². The molecule has 2 rings (SSSR count). The van der Waals surface area contributed by atoms with Crippen LogP contribution in [0.1, 0.15) is 11.3 Å². The Balaban J connectivity index is 1.95. The molecule has 0 atom stereocenters. The molecule has 0 saturated heterocycles. The number of rotatable bonds is 4. The fraction of sp³-hybridized carbons (Fsp3) is 0.231. The van der Waals surface area contributed by atoms with E-state index in [-0.39, 0.29) is 0 Å². The maximum atomic E-state index is 13.6. The first-order chi connectivity index (χ1) is 8.70. The summed E-state index contributed by atoms with van der Waals surface area (Å²) in [5.41, 5.74) is 1.82. The number of anilines is 1. The van der Waals surface area contributed by atoms with E-state index in [9.17, 15) is 4.39 Å². The van der Waals surface area contributed by atoms with Crippen LogP contribution >= 0.6 is 0 Å². The van der Waals surface area contributed by atoms with E-state index in [1.54, 1.807) is 23.0 Å². The normalized spacial score (nSPS) is 10.1. The third kappa shape index (κ3) is 2.66. The van der Waals surface area contributed by atoms with Crippen LogP contribution in [0.5, 0.6) is 0 Å². The van der Waals surface area contributed by atoms with Gasteiger partial charge in [0, 0.05) is 31.9 Å². The number of hydrogen-bond donors (Lipinski definition) is 1. The van der Waals surface area contributed by atoms with Crippen molar-refractivity contribution in [3.8, 4) is 6.07 Å². The SMILES string of the molecule is Cn1nccc1CCNc1ccc(C#N)cc1F. The highest BCUT2D eigenvalue weighted by Gasteiger charge is 2.03. The molecule has 5 heteroatoms. The van der Waals surface area contributed by atoms with Crippen molar-refractivity contribution in [2.75, 3.05) is 11.9 Å². The standard InChI is InChI=1S/C13H13FN4/c1-18-11(5-7-17-18)4-6-16-13-3-2-10(9-15)8-12(13)14/h2-3,5,7-8,16H,4,6H2,1H3. The van der Waals surface area contributed by atoms with E-state index >= 15 is 0 Å². The molecule has 1 heterocycles. The minimum absolute atomic E-state index is 0.324. The zero-order chi connectivity index (χ0) is 13.0. The molecule has 0 radical (unpaired) electrons. The predicted octanol–water partition coefficient (Wildman–Crippen LogP) is 2.09. The van der Waals surface area contributed by atoms with E-state index < -0.39 is 5.82 Å². The molecular formula is C13H13FN4. The van der Waals surface area contributed by atoms with E-state index in [4.69, 9.17) is 5.26 Å². The van der Waals surface area contributed by atoms with Gasteiger partial charge < -0.3 is 5.32 Å². The molecule has 0 aliphatic carbocycles. The molecule has 2 aromatic rings. The van der Waals surface area contributed by atoms with Crippen molar-refractivity contribution in [3.05, 3.63) is 47.5 Å². The van der Waals surface area contributed by atoms with Crippen LogP contribution < -0.4 is 5.32 Å². The lowest BCUT2D eigenvalue weighted by atomic mass is 10.2. The Morgan fingerprint density at radius 2 is 2.28 bits per heavy atom. The molecule has 1 aromatic heterocycles. The first-order valence-electron chi connectivity index (χ1n) is 5.61. The smallest absolute Gasteiger partial charge is 0.147 e. The van der Waals surface area contributed by atoms with E-state index in [0.717, 1.165) is 12.1 Å². The van der Waals surface area contributed by atoms with Gasteiger partial charge in [0.15, 0.2) is 0 Å². The zero-order valence-electron chi connectivity index (χ0n) is 10.0. The molecule has 0 fully saturated rings. The summed E-state index contributed by atoms with van der Waals surface area (Å²) in [5, 5.41) is 15.7. The summed E-state index contributed by atoms with van der Waals surface area (Å²) in [5.74, 6) is -0.404. The van der Waals surface area contributed by atoms with Crippen molar-refractivity contribution in [2.45, 2.75) is 6.42 Å². The van der Waals surface area contributed by atoms with Crippen molar-refractivity contribution < 1.29 is 4.39 Å². The van der Waals surface area contributed by atoms with Gasteiger partial charge in [0.25, 0.3) is 0 Å². The second-order valence-electron chi connectivity index (χ2n) is 3.93. The van der Waals surface area contributed by atoms with Crippen molar-refractivity contribution in [1.82, 2.24) is 9.78 Å². The van der Waals surface area contributed by atoms with Crippen LogP contribution in [0.25, 0.3) is 0 Å². The van der Waals surface area contributed by atoms with Crippen LogP contribution in [-0.4, -0.2) is 16.3 Å². The van der Waals surface area contributed by atoms with Gasteiger partial charge in [-0.1, -0.05) is 0 Å². The summed E-state index contributed by atoms with van der Waals surface area (Å²) < 4.78 is 15.3. The number of nitrogens with zero attached hydrogens (tertiary/aromatic N) is 3. The number of benzene rings is 1. The molecule has 18 heavy (non-hydrogen) atoms. The lowest BCUT2D eigenvalue weighted by Crippen LogP contribution is -2.09. The molecule has 1 N–H and O–H groups in total.